The van der Waals surface area contributed by atoms with Crippen molar-refractivity contribution in [2.75, 3.05) is 13.2 Å². The smallest absolute Gasteiger partial charge is 0.259 e. The number of carbonyl (C=O) groups is 1. The number of nitrogens with two attached hydrogens (primary N) is 1. The SMILES string of the molecule is NC1=NS(=O)(=O)Cc2cccc(OC[C@H]3CCCCN3C(=O)CCc3ccccc3)c21. The molecular formula is C23H27N3O4S. The first kappa shape index (κ1) is 21.4. The second-order valence-electron chi connectivity index (χ2n) is 8.03. The van der Waals surface area contributed by atoms with Crippen LogP contribution in [0.2, 0.25) is 0 Å². The van der Waals surface area contributed by atoms with Crippen LogP contribution in [-0.2, 0) is 27.0 Å². The van der Waals surface area contributed by atoms with Gasteiger partial charge in [-0.15, -0.1) is 4.40 Å². The largest absolute Gasteiger partial charge is 0.491 e. The maximum absolute atomic E-state index is 12.9. The standard InChI is InChI=1S/C23H27N3O4S/c24-23-22-18(16-31(28,29)25-23)9-6-11-20(22)30-15-19-10-4-5-14-26(19)21(27)13-12-17-7-2-1-3-8-17/h1-3,6-9,11,19H,4-5,10,12-16H2,(H2,24,25)/t19-/m1/s1. The van der Waals surface area contributed by atoms with Crippen LogP contribution in [0.1, 0.15) is 42.4 Å². The molecule has 0 unspecified atom stereocenters. The molecule has 1 fully saturated rings. The molecule has 1 atom stereocenters. The minimum absolute atomic E-state index is 0.0154. The third kappa shape index (κ3) is 5.07. The zero-order chi connectivity index (χ0) is 21.8. The summed E-state index contributed by atoms with van der Waals surface area (Å²) < 4.78 is 33.4. The number of fused-ring (bicyclic) bond motifs is 1. The monoisotopic (exact) mass is 441 g/mol. The molecule has 1 amide bonds. The number of amides is 1. The van der Waals surface area contributed by atoms with E-state index in [-0.39, 0.29) is 23.5 Å². The first-order chi connectivity index (χ1) is 14.9. The number of rotatable bonds is 6. The topological polar surface area (TPSA) is 102 Å². The van der Waals surface area contributed by atoms with Crippen molar-refractivity contribution in [3.8, 4) is 5.75 Å². The lowest BCUT2D eigenvalue weighted by molar-refractivity contribution is -0.135. The van der Waals surface area contributed by atoms with E-state index in [9.17, 15) is 13.2 Å². The summed E-state index contributed by atoms with van der Waals surface area (Å²) in [6.07, 6.45) is 4.11. The lowest BCUT2D eigenvalue weighted by Crippen LogP contribution is -2.46. The summed E-state index contributed by atoms with van der Waals surface area (Å²) in [7, 11) is -3.59. The number of ether oxygens (including phenoxy) is 1. The van der Waals surface area contributed by atoms with Crippen LogP contribution < -0.4 is 10.5 Å². The average molecular weight is 442 g/mol. The Morgan fingerprint density at radius 2 is 1.94 bits per heavy atom. The molecule has 2 N–H and O–H groups in total. The molecule has 2 heterocycles. The van der Waals surface area contributed by atoms with Gasteiger partial charge in [0.1, 0.15) is 18.2 Å². The van der Waals surface area contributed by atoms with Crippen LogP contribution in [0.3, 0.4) is 0 Å². The fourth-order valence-electron chi connectivity index (χ4n) is 4.26. The van der Waals surface area contributed by atoms with Gasteiger partial charge in [0, 0.05) is 13.0 Å². The Labute approximate surface area is 183 Å². The van der Waals surface area contributed by atoms with Crippen LogP contribution in [0, 0.1) is 0 Å². The predicted molar refractivity (Wildman–Crippen MR) is 119 cm³/mol. The Balaban J connectivity index is 1.43. The average Bonchev–Trinajstić information content (AvgIpc) is 2.76. The van der Waals surface area contributed by atoms with E-state index in [1.54, 1.807) is 18.2 Å². The Hall–Kier alpha value is -2.87. The first-order valence-electron chi connectivity index (χ1n) is 10.6. The van der Waals surface area contributed by atoms with Gasteiger partial charge < -0.3 is 15.4 Å². The van der Waals surface area contributed by atoms with Gasteiger partial charge in [0.05, 0.1) is 17.4 Å². The van der Waals surface area contributed by atoms with Crippen molar-refractivity contribution in [3.05, 3.63) is 65.2 Å². The molecule has 31 heavy (non-hydrogen) atoms. The van der Waals surface area contributed by atoms with Gasteiger partial charge in [0.15, 0.2) is 0 Å². The van der Waals surface area contributed by atoms with Crippen LogP contribution in [0.4, 0.5) is 0 Å². The zero-order valence-corrected chi connectivity index (χ0v) is 18.2. The molecule has 1 saturated heterocycles. The number of aryl methyl sites for hydroxylation is 1. The molecule has 0 saturated carbocycles. The molecule has 0 aromatic heterocycles. The van der Waals surface area contributed by atoms with Gasteiger partial charge in [0.2, 0.25) is 5.91 Å². The van der Waals surface area contributed by atoms with Crippen LogP contribution >= 0.6 is 0 Å². The Morgan fingerprint density at radius 1 is 1.13 bits per heavy atom. The lowest BCUT2D eigenvalue weighted by atomic mass is 10.0. The number of benzene rings is 2. The second-order valence-corrected chi connectivity index (χ2v) is 9.66. The number of likely N-dealkylation sites (tertiary alicyclic amines) is 1. The van der Waals surface area contributed by atoms with Crippen molar-refractivity contribution in [2.24, 2.45) is 10.1 Å². The highest BCUT2D eigenvalue weighted by atomic mass is 32.2. The van der Waals surface area contributed by atoms with E-state index in [1.807, 2.05) is 35.2 Å². The third-order valence-corrected chi connectivity index (χ3v) is 6.94. The number of carbonyl (C=O) groups excluding carboxylic acids is 1. The summed E-state index contributed by atoms with van der Waals surface area (Å²) >= 11 is 0. The van der Waals surface area contributed by atoms with Crippen LogP contribution in [-0.4, -0.2) is 44.3 Å². The van der Waals surface area contributed by atoms with Crippen LogP contribution in [0.25, 0.3) is 0 Å². The second kappa shape index (κ2) is 9.09. The Bertz CT molecular complexity index is 1080. The van der Waals surface area contributed by atoms with Crippen LogP contribution in [0.15, 0.2) is 52.9 Å². The molecule has 2 aliphatic rings. The number of amidine groups is 1. The Morgan fingerprint density at radius 3 is 2.74 bits per heavy atom. The molecule has 0 aliphatic carbocycles. The number of hydrogen-bond acceptors (Lipinski definition) is 5. The van der Waals surface area contributed by atoms with Gasteiger partial charge in [-0.25, -0.2) is 8.42 Å². The summed E-state index contributed by atoms with van der Waals surface area (Å²) in [4.78, 5) is 14.8. The maximum atomic E-state index is 12.9. The van der Waals surface area contributed by atoms with E-state index < -0.39 is 10.0 Å². The molecule has 4 rings (SSSR count). The molecular weight excluding hydrogens is 414 g/mol. The molecule has 0 spiro atoms. The molecule has 8 heteroatoms. The highest BCUT2D eigenvalue weighted by Gasteiger charge is 2.29. The minimum atomic E-state index is -3.59. The molecule has 164 valence electrons. The normalized spacial score (nSPS) is 19.9. The van der Waals surface area contributed by atoms with Gasteiger partial charge >= 0.3 is 0 Å². The fraction of sp³-hybridized carbons (Fsp3) is 0.391. The number of piperidine rings is 1. The first-order valence-corrected chi connectivity index (χ1v) is 12.2. The van der Waals surface area contributed by atoms with Gasteiger partial charge in [-0.1, -0.05) is 42.5 Å². The molecule has 2 aliphatic heterocycles. The van der Waals surface area contributed by atoms with Gasteiger partial charge in [-0.2, -0.15) is 0 Å². The maximum Gasteiger partial charge on any atom is 0.259 e. The van der Waals surface area contributed by atoms with E-state index in [4.69, 9.17) is 10.5 Å². The van der Waals surface area contributed by atoms with Crippen molar-refractivity contribution >= 4 is 21.8 Å². The van der Waals surface area contributed by atoms with Crippen LogP contribution in [0.5, 0.6) is 5.75 Å². The zero-order valence-electron chi connectivity index (χ0n) is 17.4. The van der Waals surface area contributed by atoms with E-state index in [0.29, 0.717) is 29.9 Å². The van der Waals surface area contributed by atoms with Crippen molar-refractivity contribution < 1.29 is 17.9 Å². The highest BCUT2D eigenvalue weighted by molar-refractivity contribution is 7.89. The number of hydrogen-bond donors (Lipinski definition) is 1. The van der Waals surface area contributed by atoms with Gasteiger partial charge in [-0.3, -0.25) is 4.79 Å². The highest BCUT2D eigenvalue weighted by Crippen LogP contribution is 2.29. The quantitative estimate of drug-likeness (QED) is 0.742. The van der Waals surface area contributed by atoms with Crippen molar-refractivity contribution in [3.63, 3.8) is 0 Å². The summed E-state index contributed by atoms with van der Waals surface area (Å²) in [5.41, 5.74) is 8.21. The Kier molecular flexibility index (Phi) is 6.27. The van der Waals surface area contributed by atoms with E-state index in [1.165, 1.54) is 0 Å². The van der Waals surface area contributed by atoms with E-state index >= 15 is 0 Å². The number of nitrogens with zero attached hydrogens (tertiary/aromatic N) is 2. The predicted octanol–water partition coefficient (Wildman–Crippen LogP) is 2.63. The number of sulfonamides is 1. The van der Waals surface area contributed by atoms with Crippen molar-refractivity contribution in [2.45, 2.75) is 43.9 Å². The van der Waals surface area contributed by atoms with Gasteiger partial charge in [-0.05, 0) is 42.9 Å². The van der Waals surface area contributed by atoms with E-state index in [2.05, 4.69) is 4.40 Å². The fourth-order valence-corrected chi connectivity index (χ4v) is 5.35. The molecule has 2 aromatic carbocycles. The summed E-state index contributed by atoms with van der Waals surface area (Å²) in [6, 6.07) is 15.2. The van der Waals surface area contributed by atoms with E-state index in [0.717, 1.165) is 37.8 Å². The summed E-state index contributed by atoms with van der Waals surface area (Å²) in [5, 5.41) is 0. The molecule has 0 radical (unpaired) electrons. The third-order valence-electron chi connectivity index (χ3n) is 5.79. The van der Waals surface area contributed by atoms with Gasteiger partial charge in [0.25, 0.3) is 10.0 Å². The van der Waals surface area contributed by atoms with Crippen molar-refractivity contribution in [1.82, 2.24) is 4.90 Å². The summed E-state index contributed by atoms with van der Waals surface area (Å²) in [5.74, 6) is 0.417. The van der Waals surface area contributed by atoms with Crippen molar-refractivity contribution in [1.29, 1.82) is 0 Å². The lowest BCUT2D eigenvalue weighted by Gasteiger charge is -2.36. The molecule has 7 nitrogen and oxygen atoms in total. The molecule has 0 bridgehead atoms. The molecule has 2 aromatic rings. The minimum Gasteiger partial charge on any atom is -0.491 e. The summed E-state index contributed by atoms with van der Waals surface area (Å²) in [6.45, 7) is 1.07.